The normalized spacial score (nSPS) is 12.1. The van der Waals surface area contributed by atoms with Gasteiger partial charge in [-0.2, -0.15) is 0 Å². The summed E-state index contributed by atoms with van der Waals surface area (Å²) in [6.45, 7) is 2.38. The SMILES string of the molecule is CC(=N)N(C)CCCC(CC(=O)O)N=CB=O. The quantitative estimate of drug-likeness (QED) is 0.368. The third-order valence-corrected chi connectivity index (χ3v) is 2.37. The number of amidine groups is 1. The molecule has 0 bridgehead atoms. The molecule has 0 aliphatic carbocycles. The summed E-state index contributed by atoms with van der Waals surface area (Å²) in [6, 6.07) is -0.364. The van der Waals surface area contributed by atoms with Crippen LogP contribution in [0.25, 0.3) is 0 Å². The van der Waals surface area contributed by atoms with E-state index in [1.165, 1.54) is 0 Å². The van der Waals surface area contributed by atoms with E-state index in [0.29, 0.717) is 26.0 Å². The van der Waals surface area contributed by atoms with Crippen molar-refractivity contribution in [2.24, 2.45) is 4.99 Å². The number of aliphatic imine (C=N–C) groups is 1. The predicted octanol–water partition coefficient (Wildman–Crippen LogP) is 0.617. The molecule has 6 nitrogen and oxygen atoms in total. The minimum atomic E-state index is -0.922. The molecular weight excluding hydrogens is 221 g/mol. The first-order chi connectivity index (χ1) is 7.97. The van der Waals surface area contributed by atoms with Crippen molar-refractivity contribution in [1.29, 1.82) is 5.41 Å². The molecule has 0 aromatic carbocycles. The topological polar surface area (TPSA) is 93.8 Å². The molecule has 0 heterocycles. The Balaban J connectivity index is 4.07. The van der Waals surface area contributed by atoms with E-state index in [4.69, 9.17) is 10.5 Å². The molecule has 2 N–H and O–H groups in total. The van der Waals surface area contributed by atoms with Gasteiger partial charge in [0.15, 0.2) is 0 Å². The van der Waals surface area contributed by atoms with Crippen LogP contribution in [0.15, 0.2) is 4.99 Å². The Morgan fingerprint density at radius 2 is 2.29 bits per heavy atom. The summed E-state index contributed by atoms with van der Waals surface area (Å²) in [5.41, 5.74) is 0. The molecule has 0 radical (unpaired) electrons. The molecule has 94 valence electrons. The summed E-state index contributed by atoms with van der Waals surface area (Å²) in [5.74, 6) is -0.453. The van der Waals surface area contributed by atoms with E-state index in [-0.39, 0.29) is 12.5 Å². The van der Waals surface area contributed by atoms with Crippen LogP contribution in [0.3, 0.4) is 0 Å². The van der Waals surface area contributed by atoms with Gasteiger partial charge < -0.3 is 0 Å². The Hall–Kier alpha value is -1.53. The van der Waals surface area contributed by atoms with E-state index >= 15 is 0 Å². The van der Waals surface area contributed by atoms with Gasteiger partial charge in [-0.1, -0.05) is 0 Å². The molecule has 1 unspecified atom stereocenters. The number of carboxylic acid groups (broad SMARTS) is 1. The molecule has 0 saturated heterocycles. The summed E-state index contributed by atoms with van der Waals surface area (Å²) in [5, 5.41) is 16.0. The van der Waals surface area contributed by atoms with Crippen LogP contribution in [0.2, 0.25) is 0 Å². The van der Waals surface area contributed by atoms with Crippen molar-refractivity contribution in [3.05, 3.63) is 0 Å². The first-order valence-electron chi connectivity index (χ1n) is 5.42. The van der Waals surface area contributed by atoms with Crippen molar-refractivity contribution in [3.63, 3.8) is 0 Å². The third kappa shape index (κ3) is 8.30. The molecule has 0 aliphatic heterocycles. The van der Waals surface area contributed by atoms with Crippen LogP contribution in [0, 0.1) is 5.41 Å². The molecule has 0 rings (SSSR count). The van der Waals surface area contributed by atoms with Crippen molar-refractivity contribution < 1.29 is 14.6 Å². The minimum absolute atomic E-state index is 0.0718. The van der Waals surface area contributed by atoms with E-state index in [9.17, 15) is 9.50 Å². The van der Waals surface area contributed by atoms with Crippen LogP contribution < -0.4 is 0 Å². The van der Waals surface area contributed by atoms with Gasteiger partial charge in [0.25, 0.3) is 0 Å². The fourth-order valence-corrected chi connectivity index (χ4v) is 1.32. The van der Waals surface area contributed by atoms with Gasteiger partial charge in [-0.25, -0.2) is 0 Å². The number of carbonyl (C=O) groups is 1. The van der Waals surface area contributed by atoms with Crippen LogP contribution in [-0.2, 0) is 9.50 Å². The number of rotatable bonds is 8. The fourth-order valence-electron chi connectivity index (χ4n) is 1.32. The molecule has 17 heavy (non-hydrogen) atoms. The van der Waals surface area contributed by atoms with Gasteiger partial charge in [-0.05, 0) is 0 Å². The van der Waals surface area contributed by atoms with Gasteiger partial charge in [0, 0.05) is 0 Å². The zero-order valence-corrected chi connectivity index (χ0v) is 10.2. The Kier molecular flexibility index (Phi) is 7.83. The second-order valence-electron chi connectivity index (χ2n) is 3.84. The Labute approximate surface area is 101 Å². The van der Waals surface area contributed by atoms with E-state index in [0.717, 1.165) is 12.5 Å². The van der Waals surface area contributed by atoms with Gasteiger partial charge >= 0.3 is 101 Å². The average molecular weight is 239 g/mol. The van der Waals surface area contributed by atoms with Crippen molar-refractivity contribution in [2.45, 2.75) is 32.2 Å². The zero-order valence-electron chi connectivity index (χ0n) is 10.2. The molecule has 7 heteroatoms. The maximum atomic E-state index is 10.6. The predicted molar refractivity (Wildman–Crippen MR) is 66.2 cm³/mol. The maximum absolute atomic E-state index is 10.6. The van der Waals surface area contributed by atoms with Crippen molar-refractivity contribution in [1.82, 2.24) is 4.90 Å². The van der Waals surface area contributed by atoms with E-state index in [2.05, 4.69) is 4.99 Å². The van der Waals surface area contributed by atoms with Crippen LogP contribution in [-0.4, -0.2) is 54.7 Å². The molecule has 1 atom stereocenters. The fraction of sp³-hybridized carbons (Fsp3) is 0.700. The van der Waals surface area contributed by atoms with Crippen molar-refractivity contribution in [2.75, 3.05) is 13.6 Å². The molecule has 0 saturated carbocycles. The average Bonchev–Trinajstić information content (AvgIpc) is 2.24. The van der Waals surface area contributed by atoms with Gasteiger partial charge in [0.1, 0.15) is 0 Å². The summed E-state index contributed by atoms with van der Waals surface area (Å²) in [4.78, 5) is 16.2. The van der Waals surface area contributed by atoms with Crippen LogP contribution in [0.4, 0.5) is 0 Å². The Morgan fingerprint density at radius 3 is 2.76 bits per heavy atom. The number of aliphatic carboxylic acids is 1. The summed E-state index contributed by atoms with van der Waals surface area (Å²) in [7, 11) is 2.35. The van der Waals surface area contributed by atoms with E-state index in [1.54, 1.807) is 11.8 Å². The van der Waals surface area contributed by atoms with Gasteiger partial charge in [-0.15, -0.1) is 0 Å². The molecule has 0 aromatic rings. The second kappa shape index (κ2) is 8.61. The number of hydrogen-bond donors (Lipinski definition) is 2. The first-order valence-corrected chi connectivity index (χ1v) is 5.42. The number of nitrogens with one attached hydrogen (secondary N) is 1. The zero-order chi connectivity index (χ0) is 13.3. The Morgan fingerprint density at radius 1 is 1.65 bits per heavy atom. The molecule has 0 fully saturated rings. The van der Waals surface area contributed by atoms with E-state index < -0.39 is 5.97 Å². The van der Waals surface area contributed by atoms with Crippen LogP contribution in [0.5, 0.6) is 0 Å². The third-order valence-electron chi connectivity index (χ3n) is 2.37. The molecule has 0 aromatic heterocycles. The number of nitrogens with zero attached hydrogens (tertiary/aromatic N) is 2. The van der Waals surface area contributed by atoms with Gasteiger partial charge in [0.05, 0.1) is 0 Å². The summed E-state index contributed by atoms with van der Waals surface area (Å²) in [6.07, 6.45) is 2.35. The standard InChI is InChI=1S/C10H18BN3O3/c1-8(12)14(2)5-3-4-9(6-10(15)16)13-7-11-17/h7,9,12H,3-6H2,1-2H3,(H,15,16). The first kappa shape index (κ1) is 15.5. The monoisotopic (exact) mass is 239 g/mol. The number of hydrogen-bond acceptors (Lipinski definition) is 4. The molecule has 0 spiro atoms. The molecular formula is C10H18BN3O3. The van der Waals surface area contributed by atoms with Crippen LogP contribution >= 0.6 is 0 Å². The summed E-state index contributed by atoms with van der Waals surface area (Å²) < 4.78 is 10.1. The van der Waals surface area contributed by atoms with Crippen molar-refractivity contribution >= 4 is 25.1 Å². The molecule has 0 aliphatic rings. The van der Waals surface area contributed by atoms with Gasteiger partial charge in [0.2, 0.25) is 0 Å². The Bertz CT molecular complexity index is 307. The summed E-state index contributed by atoms with van der Waals surface area (Å²) >= 11 is 0. The van der Waals surface area contributed by atoms with Gasteiger partial charge in [-0.3, -0.25) is 0 Å². The van der Waals surface area contributed by atoms with Crippen molar-refractivity contribution in [3.8, 4) is 0 Å². The second-order valence-corrected chi connectivity index (χ2v) is 3.84. The van der Waals surface area contributed by atoms with Crippen LogP contribution in [0.1, 0.15) is 26.2 Å². The van der Waals surface area contributed by atoms with E-state index in [1.807, 2.05) is 7.05 Å². The number of carboxylic acids is 1. The molecule has 0 amide bonds.